The first kappa shape index (κ1) is 54.9. The van der Waals surface area contributed by atoms with Crippen molar-refractivity contribution in [1.82, 2.24) is 0 Å². The summed E-state index contributed by atoms with van der Waals surface area (Å²) in [5.74, 6) is 0. The monoisotopic (exact) mass is 1190 g/mol. The molecule has 0 spiro atoms. The number of aryl methyl sites for hydroxylation is 4. The summed E-state index contributed by atoms with van der Waals surface area (Å²) in [4.78, 5) is 10.3. The van der Waals surface area contributed by atoms with Crippen molar-refractivity contribution in [2.24, 2.45) is 0 Å². The second-order valence-corrected chi connectivity index (χ2v) is 27.5. The summed E-state index contributed by atoms with van der Waals surface area (Å²) < 4.78 is 0. The van der Waals surface area contributed by atoms with E-state index in [1.54, 1.807) is 0 Å². The molecule has 0 N–H and O–H groups in total. The van der Waals surface area contributed by atoms with Crippen molar-refractivity contribution in [3.8, 4) is 0 Å². The predicted octanol–water partition coefficient (Wildman–Crippen LogP) is 24.9. The lowest BCUT2D eigenvalue weighted by Gasteiger charge is -2.53. The van der Waals surface area contributed by atoms with Crippen LogP contribution in [0.15, 0.2) is 261 Å². The topological polar surface area (TPSA) is 13.0 Å². The van der Waals surface area contributed by atoms with Crippen molar-refractivity contribution < 1.29 is 0 Å². The molecule has 14 aromatic rings. The predicted molar refractivity (Wildman–Crippen MR) is 397 cm³/mol. The Bertz CT molecular complexity index is 5570. The summed E-state index contributed by atoms with van der Waals surface area (Å²) >= 11 is 0. The third kappa shape index (κ3) is 8.17. The van der Waals surface area contributed by atoms with Crippen LogP contribution < -0.4 is 19.6 Å². The van der Waals surface area contributed by atoms with Crippen molar-refractivity contribution >= 4 is 134 Å². The zero-order chi connectivity index (χ0) is 62.8. The highest BCUT2D eigenvalue weighted by molar-refractivity contribution is 6.17. The number of benzene rings is 14. The van der Waals surface area contributed by atoms with Gasteiger partial charge in [0.1, 0.15) is 0 Å². The minimum Gasteiger partial charge on any atom is -0.310 e. The Hall–Kier alpha value is -10.9. The largest absolute Gasteiger partial charge is 0.310 e. The number of anilines is 12. The van der Waals surface area contributed by atoms with Gasteiger partial charge in [0.15, 0.2) is 0 Å². The molecule has 14 aromatic carbocycles. The van der Waals surface area contributed by atoms with Gasteiger partial charge in [-0.2, -0.15) is 0 Å². The van der Waals surface area contributed by atoms with Crippen molar-refractivity contribution in [1.29, 1.82) is 0 Å². The average Bonchev–Trinajstić information content (AvgIpc) is 0.667. The van der Waals surface area contributed by atoms with E-state index in [0.717, 1.165) is 80.7 Å². The van der Waals surface area contributed by atoms with Gasteiger partial charge in [0.05, 0.1) is 34.1 Å². The standard InChI is InChI=1S/C89H70N4/c1-54-33-39-61(40-34-54)90(82-45-58-21-9-12-24-67(58)70-27-15-18-30-73(70)82)64-48-76-57(4)77-49-65(91(62-41-35-55(2)36-42-62)83-46-59-22-10-13-25-68(59)71-28-16-19-31-74(71)83)51-79-86(77)93-85(76)78(50-64)88(5,6)80-52-66(53-81(87(80)93)89(79,7)8)92(63-43-37-56(3)38-44-63)84-47-60-23-11-14-26-69(60)72-29-17-20-32-75(72)84/h9-12,14-24,26-53H,4,13,25H2,1-3,5-8H3. The Kier molecular flexibility index (Phi) is 12.0. The van der Waals surface area contributed by atoms with E-state index in [4.69, 9.17) is 6.58 Å². The minimum absolute atomic E-state index is 0.536. The fraction of sp³-hybridized carbons (Fsp3) is 0.124. The van der Waals surface area contributed by atoms with Crippen molar-refractivity contribution in [3.63, 3.8) is 0 Å². The highest BCUT2D eigenvalue weighted by Crippen LogP contribution is 2.67. The maximum Gasteiger partial charge on any atom is 0.0583 e. The van der Waals surface area contributed by atoms with Gasteiger partial charge in [-0.25, -0.2) is 0 Å². The quantitative estimate of drug-likeness (QED) is 0.134. The average molecular weight is 1200 g/mol. The maximum absolute atomic E-state index is 5.34. The molecule has 18 rings (SSSR count). The molecule has 446 valence electrons. The van der Waals surface area contributed by atoms with E-state index in [1.807, 2.05) is 0 Å². The minimum atomic E-state index is -0.541. The van der Waals surface area contributed by atoms with E-state index < -0.39 is 10.8 Å². The van der Waals surface area contributed by atoms with Crippen molar-refractivity contribution in [2.75, 3.05) is 19.6 Å². The van der Waals surface area contributed by atoms with Gasteiger partial charge in [-0.05, 0) is 201 Å². The van der Waals surface area contributed by atoms with Gasteiger partial charge in [-0.1, -0.05) is 221 Å². The molecule has 4 aliphatic rings. The first-order valence-electron chi connectivity index (χ1n) is 33.0. The number of allylic oxidation sites excluding steroid dienone is 1. The molecule has 93 heavy (non-hydrogen) atoms. The zero-order valence-corrected chi connectivity index (χ0v) is 53.7. The second-order valence-electron chi connectivity index (χ2n) is 27.5. The number of hydrogen-bond acceptors (Lipinski definition) is 4. The molecule has 4 nitrogen and oxygen atoms in total. The molecule has 0 amide bonds. The molecular formula is C89H70N4. The second kappa shape index (κ2) is 20.3. The Balaban J connectivity index is 0.958. The van der Waals surface area contributed by atoms with Crippen LogP contribution in [0, 0.1) is 20.8 Å². The van der Waals surface area contributed by atoms with E-state index in [2.05, 4.69) is 329 Å². The van der Waals surface area contributed by atoms with Crippen LogP contribution in [0.4, 0.5) is 68.2 Å². The van der Waals surface area contributed by atoms with Crippen LogP contribution in [0.1, 0.15) is 95.3 Å². The zero-order valence-electron chi connectivity index (χ0n) is 53.7. The smallest absolute Gasteiger partial charge is 0.0583 e. The number of rotatable bonds is 9. The first-order chi connectivity index (χ1) is 45.3. The lowest BCUT2D eigenvalue weighted by atomic mass is 9.63. The molecule has 1 aliphatic carbocycles. The van der Waals surface area contributed by atoms with Gasteiger partial charge in [0.25, 0.3) is 0 Å². The van der Waals surface area contributed by atoms with E-state index in [1.165, 1.54) is 121 Å². The van der Waals surface area contributed by atoms with Crippen LogP contribution >= 0.6 is 0 Å². The molecule has 0 atom stereocenters. The molecule has 0 aromatic heterocycles. The van der Waals surface area contributed by atoms with Crippen LogP contribution in [-0.4, -0.2) is 0 Å². The van der Waals surface area contributed by atoms with Gasteiger partial charge in [-0.3, -0.25) is 0 Å². The lowest BCUT2D eigenvalue weighted by molar-refractivity contribution is 0.596. The Morgan fingerprint density at radius 1 is 0.344 bits per heavy atom. The molecule has 0 saturated carbocycles. The highest BCUT2D eigenvalue weighted by Gasteiger charge is 2.51. The van der Waals surface area contributed by atoms with Gasteiger partial charge < -0.3 is 19.6 Å². The third-order valence-corrected chi connectivity index (χ3v) is 21.2. The lowest BCUT2D eigenvalue weighted by Crippen LogP contribution is -2.41. The van der Waals surface area contributed by atoms with Crippen LogP contribution in [0.3, 0.4) is 0 Å². The fourth-order valence-corrected chi connectivity index (χ4v) is 16.4. The number of fused-ring (bicyclic) bond motifs is 9. The van der Waals surface area contributed by atoms with Gasteiger partial charge >= 0.3 is 0 Å². The van der Waals surface area contributed by atoms with E-state index >= 15 is 0 Å². The van der Waals surface area contributed by atoms with Crippen molar-refractivity contribution in [3.05, 3.63) is 323 Å². The number of hydrogen-bond donors (Lipinski definition) is 0. The molecule has 3 aliphatic heterocycles. The molecule has 0 saturated heterocycles. The summed E-state index contributed by atoms with van der Waals surface area (Å²) in [6.45, 7) is 21.8. The summed E-state index contributed by atoms with van der Waals surface area (Å²) in [5, 5.41) is 12.3. The van der Waals surface area contributed by atoms with Crippen LogP contribution in [0.5, 0.6) is 0 Å². The van der Waals surface area contributed by atoms with Gasteiger partial charge in [-0.15, -0.1) is 0 Å². The van der Waals surface area contributed by atoms with Crippen LogP contribution in [-0.2, 0) is 17.3 Å². The van der Waals surface area contributed by atoms with Crippen molar-refractivity contribution in [2.45, 2.75) is 72.1 Å². The Morgan fingerprint density at radius 2 is 0.688 bits per heavy atom. The normalized spacial score (nSPS) is 14.4. The summed E-state index contributed by atoms with van der Waals surface area (Å²) in [5.41, 5.74) is 27.3. The number of nitrogens with zero attached hydrogens (tertiary/aromatic N) is 4. The highest BCUT2D eigenvalue weighted by atomic mass is 15.2. The molecule has 3 heterocycles. The van der Waals surface area contributed by atoms with E-state index in [-0.39, 0.29) is 0 Å². The van der Waals surface area contributed by atoms with E-state index in [9.17, 15) is 0 Å². The van der Waals surface area contributed by atoms with Crippen LogP contribution in [0.25, 0.3) is 65.5 Å². The summed E-state index contributed by atoms with van der Waals surface area (Å²) in [7, 11) is 0. The first-order valence-corrected chi connectivity index (χ1v) is 33.0. The molecule has 0 unspecified atom stereocenters. The third-order valence-electron chi connectivity index (χ3n) is 21.2. The molecular weight excluding hydrogens is 1130 g/mol. The Labute approximate surface area is 544 Å². The van der Waals surface area contributed by atoms with Crippen LogP contribution in [0.2, 0.25) is 0 Å². The van der Waals surface area contributed by atoms with Gasteiger partial charge in [0, 0.05) is 72.2 Å². The SMILES string of the molecule is C=C1c2cc(N(c3ccc(C)cc3)c3cc4c(c5ccccc35)CCC=C4)cc3c2N2c4c1cc(N(c1ccc(C)cc1)c1cc5ccccc5c5ccccc15)cc4C(C)(C)c1cc(N(c4ccc(C)cc4)c4cc5ccccc5c5ccccc45)cc(c12)C3(C)C. The fourth-order valence-electron chi connectivity index (χ4n) is 16.4. The summed E-state index contributed by atoms with van der Waals surface area (Å²) in [6.07, 6.45) is 6.75. The van der Waals surface area contributed by atoms with E-state index in [0.29, 0.717) is 0 Å². The maximum atomic E-state index is 5.34. The summed E-state index contributed by atoms with van der Waals surface area (Å²) in [6, 6.07) is 94.6. The van der Waals surface area contributed by atoms with Gasteiger partial charge in [0.2, 0.25) is 0 Å². The Morgan fingerprint density at radius 3 is 1.12 bits per heavy atom. The molecule has 0 bridgehead atoms. The molecule has 0 fully saturated rings. The molecule has 0 radical (unpaired) electrons. The molecule has 4 heteroatoms.